The molecule has 1 amide bonds. The molecule has 0 saturated heterocycles. The Balaban J connectivity index is 1.83. The van der Waals surface area contributed by atoms with Gasteiger partial charge < -0.3 is 14.8 Å². The Morgan fingerprint density at radius 3 is 2.72 bits per heavy atom. The molecular weight excluding hydrogens is 365 g/mol. The zero-order chi connectivity index (χ0) is 18.0. The molecule has 0 aliphatic heterocycles. The van der Waals surface area contributed by atoms with E-state index >= 15 is 0 Å². The van der Waals surface area contributed by atoms with Crippen molar-refractivity contribution in [1.82, 2.24) is 5.32 Å². The van der Waals surface area contributed by atoms with E-state index in [1.165, 1.54) is 12.1 Å². The molecule has 0 fully saturated rings. The van der Waals surface area contributed by atoms with Gasteiger partial charge in [0.15, 0.2) is 0 Å². The number of nitrogens with one attached hydrogen (secondary N) is 1. The summed E-state index contributed by atoms with van der Waals surface area (Å²) in [6.07, 6.45) is 0. The summed E-state index contributed by atoms with van der Waals surface area (Å²) in [6.45, 7) is 0.248. The summed E-state index contributed by atoms with van der Waals surface area (Å²) >= 11 is 7.43. The molecule has 0 aliphatic rings. The first-order valence-electron chi connectivity index (χ1n) is 7.40. The van der Waals surface area contributed by atoms with E-state index in [1.54, 1.807) is 38.5 Å². The van der Waals surface area contributed by atoms with Gasteiger partial charge in [0.05, 0.1) is 19.2 Å². The number of fused-ring (bicyclic) bond motifs is 1. The first-order valence-corrected chi connectivity index (χ1v) is 8.59. The minimum atomic E-state index is -0.363. The Morgan fingerprint density at radius 1 is 1.20 bits per heavy atom. The molecular formula is C18H15ClFNO3S. The predicted octanol–water partition coefficient (Wildman–Crippen LogP) is 4.64. The lowest BCUT2D eigenvalue weighted by Crippen LogP contribution is -2.22. The highest BCUT2D eigenvalue weighted by Crippen LogP contribution is 2.35. The normalized spacial score (nSPS) is 10.7. The van der Waals surface area contributed by atoms with Gasteiger partial charge in [0.25, 0.3) is 5.91 Å². The quantitative estimate of drug-likeness (QED) is 0.702. The van der Waals surface area contributed by atoms with E-state index in [1.807, 2.05) is 0 Å². The number of thiophene rings is 1. The lowest BCUT2D eigenvalue weighted by molar-refractivity contribution is 0.0955. The van der Waals surface area contributed by atoms with Crippen molar-refractivity contribution in [3.05, 3.63) is 57.7 Å². The summed E-state index contributed by atoms with van der Waals surface area (Å²) in [7, 11) is 3.13. The maximum Gasteiger partial charge on any atom is 0.263 e. The van der Waals surface area contributed by atoms with E-state index in [0.717, 1.165) is 16.9 Å². The van der Waals surface area contributed by atoms with Crippen LogP contribution in [0.4, 0.5) is 4.39 Å². The molecule has 0 atom stereocenters. The number of amides is 1. The van der Waals surface area contributed by atoms with Gasteiger partial charge in [-0.25, -0.2) is 4.39 Å². The average molecular weight is 380 g/mol. The Labute approximate surface area is 153 Å². The number of ether oxygens (including phenoxy) is 2. The van der Waals surface area contributed by atoms with Gasteiger partial charge in [-0.1, -0.05) is 11.6 Å². The Bertz CT molecular complexity index is 941. The summed E-state index contributed by atoms with van der Waals surface area (Å²) in [4.78, 5) is 12.8. The summed E-state index contributed by atoms with van der Waals surface area (Å²) in [6, 6.07) is 9.61. The summed E-state index contributed by atoms with van der Waals surface area (Å²) in [5.74, 6) is 0.626. The summed E-state index contributed by atoms with van der Waals surface area (Å²) in [5.41, 5.74) is 0.776. The summed E-state index contributed by atoms with van der Waals surface area (Å²) < 4.78 is 24.5. The molecule has 2 aromatic carbocycles. The topological polar surface area (TPSA) is 47.6 Å². The fraction of sp³-hybridized carbons (Fsp3) is 0.167. The maximum absolute atomic E-state index is 13.3. The van der Waals surface area contributed by atoms with E-state index in [0.29, 0.717) is 31.5 Å². The second-order valence-corrected chi connectivity index (χ2v) is 6.68. The zero-order valence-corrected chi connectivity index (χ0v) is 15.1. The average Bonchev–Trinajstić information content (AvgIpc) is 2.95. The van der Waals surface area contributed by atoms with Crippen molar-refractivity contribution in [2.24, 2.45) is 0 Å². The fourth-order valence-corrected chi connectivity index (χ4v) is 3.92. The van der Waals surface area contributed by atoms with Crippen molar-refractivity contribution >= 4 is 38.9 Å². The molecule has 0 bridgehead atoms. The second kappa shape index (κ2) is 7.29. The molecule has 3 aromatic rings. The number of hydrogen-bond acceptors (Lipinski definition) is 4. The van der Waals surface area contributed by atoms with Gasteiger partial charge in [-0.05, 0) is 36.4 Å². The molecule has 0 spiro atoms. The van der Waals surface area contributed by atoms with Crippen LogP contribution in [0.15, 0.2) is 36.4 Å². The number of methoxy groups -OCH3 is 2. The third-order valence-corrected chi connectivity index (χ3v) is 5.38. The molecule has 130 valence electrons. The van der Waals surface area contributed by atoms with Crippen LogP contribution in [0.3, 0.4) is 0 Å². The minimum Gasteiger partial charge on any atom is -0.497 e. The molecule has 1 N–H and O–H groups in total. The zero-order valence-electron chi connectivity index (χ0n) is 13.6. The van der Waals surface area contributed by atoms with E-state index < -0.39 is 0 Å². The van der Waals surface area contributed by atoms with Crippen LogP contribution in [-0.4, -0.2) is 20.1 Å². The molecule has 0 unspecified atom stereocenters. The second-order valence-electron chi connectivity index (χ2n) is 5.25. The van der Waals surface area contributed by atoms with Gasteiger partial charge in [0.2, 0.25) is 0 Å². The van der Waals surface area contributed by atoms with Crippen molar-refractivity contribution < 1.29 is 18.7 Å². The number of carbonyl (C=O) groups excluding carboxylic acids is 1. The SMILES string of the molecule is COc1ccc(OC)c(CNC(=O)c2sc3cc(F)ccc3c2Cl)c1. The Kier molecular flexibility index (Phi) is 5.11. The van der Waals surface area contributed by atoms with Crippen LogP contribution in [0.1, 0.15) is 15.2 Å². The monoisotopic (exact) mass is 379 g/mol. The van der Waals surface area contributed by atoms with Crippen LogP contribution in [0.2, 0.25) is 5.02 Å². The fourth-order valence-electron chi connectivity index (χ4n) is 2.46. The molecule has 0 radical (unpaired) electrons. The van der Waals surface area contributed by atoms with Gasteiger partial charge in [-0.2, -0.15) is 0 Å². The lowest BCUT2D eigenvalue weighted by Gasteiger charge is -2.11. The lowest BCUT2D eigenvalue weighted by atomic mass is 10.2. The number of halogens is 2. The van der Waals surface area contributed by atoms with Crippen LogP contribution < -0.4 is 14.8 Å². The highest BCUT2D eigenvalue weighted by molar-refractivity contribution is 7.21. The molecule has 0 saturated carbocycles. The van der Waals surface area contributed by atoms with Crippen LogP contribution >= 0.6 is 22.9 Å². The molecule has 1 aromatic heterocycles. The Hall–Kier alpha value is -2.31. The number of hydrogen-bond donors (Lipinski definition) is 1. The van der Waals surface area contributed by atoms with Crippen LogP contribution in [0.25, 0.3) is 10.1 Å². The number of benzene rings is 2. The molecule has 25 heavy (non-hydrogen) atoms. The van der Waals surface area contributed by atoms with E-state index in [4.69, 9.17) is 21.1 Å². The minimum absolute atomic E-state index is 0.248. The predicted molar refractivity (Wildman–Crippen MR) is 97.5 cm³/mol. The molecule has 3 rings (SSSR count). The van der Waals surface area contributed by atoms with Gasteiger partial charge in [0.1, 0.15) is 22.2 Å². The van der Waals surface area contributed by atoms with Gasteiger partial charge in [0, 0.05) is 22.2 Å². The molecule has 1 heterocycles. The Morgan fingerprint density at radius 2 is 2.00 bits per heavy atom. The van der Waals surface area contributed by atoms with Crippen molar-refractivity contribution in [2.75, 3.05) is 14.2 Å². The van der Waals surface area contributed by atoms with Crippen LogP contribution in [0.5, 0.6) is 11.5 Å². The highest BCUT2D eigenvalue weighted by Gasteiger charge is 2.18. The number of carbonyl (C=O) groups is 1. The first-order chi connectivity index (χ1) is 12.0. The first kappa shape index (κ1) is 17.5. The smallest absolute Gasteiger partial charge is 0.263 e. The van der Waals surface area contributed by atoms with Crippen LogP contribution in [0, 0.1) is 5.82 Å². The van der Waals surface area contributed by atoms with Gasteiger partial charge in [-0.3, -0.25) is 4.79 Å². The van der Waals surface area contributed by atoms with E-state index in [9.17, 15) is 9.18 Å². The van der Waals surface area contributed by atoms with Crippen molar-refractivity contribution in [3.8, 4) is 11.5 Å². The summed E-state index contributed by atoms with van der Waals surface area (Å²) in [5, 5.41) is 3.81. The molecule has 7 heteroatoms. The van der Waals surface area contributed by atoms with E-state index in [-0.39, 0.29) is 18.3 Å². The van der Waals surface area contributed by atoms with E-state index in [2.05, 4.69) is 5.32 Å². The third kappa shape index (κ3) is 3.55. The molecule has 4 nitrogen and oxygen atoms in total. The van der Waals surface area contributed by atoms with Crippen LogP contribution in [-0.2, 0) is 6.54 Å². The highest BCUT2D eigenvalue weighted by atomic mass is 35.5. The largest absolute Gasteiger partial charge is 0.497 e. The van der Waals surface area contributed by atoms with Gasteiger partial charge >= 0.3 is 0 Å². The maximum atomic E-state index is 13.3. The van der Waals surface area contributed by atoms with Crippen molar-refractivity contribution in [3.63, 3.8) is 0 Å². The van der Waals surface area contributed by atoms with Gasteiger partial charge in [-0.15, -0.1) is 11.3 Å². The molecule has 0 aliphatic carbocycles. The number of rotatable bonds is 5. The standard InChI is InChI=1S/C18H15ClFNO3S/c1-23-12-4-6-14(24-2)10(7-12)9-21-18(22)17-16(19)13-5-3-11(20)8-15(13)25-17/h3-8H,9H2,1-2H3,(H,21,22). The van der Waals surface area contributed by atoms with Crippen molar-refractivity contribution in [2.45, 2.75) is 6.54 Å². The third-order valence-electron chi connectivity index (χ3n) is 3.72. The van der Waals surface area contributed by atoms with Crippen molar-refractivity contribution in [1.29, 1.82) is 0 Å².